The molecule has 0 aliphatic carbocycles. The van der Waals surface area contributed by atoms with Gasteiger partial charge in [-0.05, 0) is 24.3 Å². The SMILES string of the molecule is NC(=O)CCNC(=O)Nc1cccc(NC(=O)c2cncc(C(N)=O)c2)c1. The molecule has 140 valence electrons. The number of amides is 5. The van der Waals surface area contributed by atoms with Crippen LogP contribution in [0.15, 0.2) is 42.7 Å². The van der Waals surface area contributed by atoms with Crippen LogP contribution in [0.5, 0.6) is 0 Å². The molecule has 2 rings (SSSR count). The van der Waals surface area contributed by atoms with Gasteiger partial charge in [0.25, 0.3) is 5.91 Å². The highest BCUT2D eigenvalue weighted by molar-refractivity contribution is 6.06. The summed E-state index contributed by atoms with van der Waals surface area (Å²) in [6.45, 7) is 0.112. The van der Waals surface area contributed by atoms with E-state index in [0.29, 0.717) is 11.4 Å². The summed E-state index contributed by atoms with van der Waals surface area (Å²) in [6.07, 6.45) is 2.60. The Hall–Kier alpha value is -3.95. The molecule has 7 N–H and O–H groups in total. The van der Waals surface area contributed by atoms with Crippen molar-refractivity contribution in [3.05, 3.63) is 53.9 Å². The summed E-state index contributed by atoms with van der Waals surface area (Å²) in [6, 6.07) is 7.23. The van der Waals surface area contributed by atoms with Crippen molar-refractivity contribution in [2.45, 2.75) is 6.42 Å². The van der Waals surface area contributed by atoms with Crippen LogP contribution >= 0.6 is 0 Å². The molecule has 1 heterocycles. The van der Waals surface area contributed by atoms with E-state index < -0.39 is 23.8 Å². The van der Waals surface area contributed by atoms with Gasteiger partial charge in [0.15, 0.2) is 0 Å². The average molecular weight is 370 g/mol. The second-order valence-electron chi connectivity index (χ2n) is 5.46. The number of pyridine rings is 1. The predicted octanol–water partition coefficient (Wildman–Crippen LogP) is 0.430. The number of rotatable bonds is 7. The van der Waals surface area contributed by atoms with Crippen LogP contribution in [0.3, 0.4) is 0 Å². The lowest BCUT2D eigenvalue weighted by Crippen LogP contribution is -2.31. The summed E-state index contributed by atoms with van der Waals surface area (Å²) in [5.41, 5.74) is 11.3. The van der Waals surface area contributed by atoms with Crippen molar-refractivity contribution in [2.75, 3.05) is 17.2 Å². The minimum absolute atomic E-state index is 0.0297. The van der Waals surface area contributed by atoms with Gasteiger partial charge in [0.1, 0.15) is 0 Å². The molecule has 0 aliphatic heterocycles. The highest BCUT2D eigenvalue weighted by atomic mass is 16.2. The van der Waals surface area contributed by atoms with E-state index in [1.54, 1.807) is 18.2 Å². The van der Waals surface area contributed by atoms with Crippen LogP contribution in [0.2, 0.25) is 0 Å². The van der Waals surface area contributed by atoms with Crippen molar-refractivity contribution in [3.63, 3.8) is 0 Å². The van der Waals surface area contributed by atoms with Gasteiger partial charge in [0.05, 0.1) is 11.1 Å². The molecule has 27 heavy (non-hydrogen) atoms. The number of benzene rings is 1. The van der Waals surface area contributed by atoms with Crippen molar-refractivity contribution in [1.82, 2.24) is 10.3 Å². The molecule has 0 saturated heterocycles. The van der Waals surface area contributed by atoms with Crippen molar-refractivity contribution in [1.29, 1.82) is 0 Å². The summed E-state index contributed by atoms with van der Waals surface area (Å²) in [7, 11) is 0. The molecule has 0 aliphatic rings. The van der Waals surface area contributed by atoms with E-state index in [9.17, 15) is 19.2 Å². The number of hydrogen-bond acceptors (Lipinski definition) is 5. The number of aromatic nitrogens is 1. The quantitative estimate of drug-likeness (QED) is 0.475. The molecule has 10 heteroatoms. The summed E-state index contributed by atoms with van der Waals surface area (Å²) >= 11 is 0. The van der Waals surface area contributed by atoms with Crippen LogP contribution in [0.4, 0.5) is 16.2 Å². The van der Waals surface area contributed by atoms with Crippen molar-refractivity contribution < 1.29 is 19.2 Å². The van der Waals surface area contributed by atoms with Gasteiger partial charge in [0, 0.05) is 36.7 Å². The third kappa shape index (κ3) is 6.12. The number of hydrogen-bond donors (Lipinski definition) is 5. The van der Waals surface area contributed by atoms with Gasteiger partial charge < -0.3 is 27.4 Å². The lowest BCUT2D eigenvalue weighted by atomic mass is 10.2. The highest BCUT2D eigenvalue weighted by Crippen LogP contribution is 2.16. The third-order valence-corrected chi connectivity index (χ3v) is 3.32. The number of primary amides is 2. The maximum atomic E-state index is 12.3. The first-order valence-corrected chi connectivity index (χ1v) is 7.84. The lowest BCUT2D eigenvalue weighted by Gasteiger charge is -2.10. The van der Waals surface area contributed by atoms with Crippen LogP contribution in [0.25, 0.3) is 0 Å². The Balaban J connectivity index is 1.99. The number of carbonyl (C=O) groups excluding carboxylic acids is 4. The fourth-order valence-corrected chi connectivity index (χ4v) is 2.05. The first-order valence-electron chi connectivity index (χ1n) is 7.84. The minimum Gasteiger partial charge on any atom is -0.370 e. The Morgan fingerprint density at radius 2 is 1.59 bits per heavy atom. The van der Waals surface area contributed by atoms with E-state index in [1.807, 2.05) is 0 Å². The van der Waals surface area contributed by atoms with Gasteiger partial charge in [-0.3, -0.25) is 19.4 Å². The molecular formula is C17H18N6O4. The van der Waals surface area contributed by atoms with Crippen LogP contribution < -0.4 is 27.4 Å². The molecule has 0 unspecified atom stereocenters. The molecule has 2 aromatic rings. The monoisotopic (exact) mass is 370 g/mol. The van der Waals surface area contributed by atoms with Gasteiger partial charge in [-0.1, -0.05) is 6.07 Å². The first-order chi connectivity index (χ1) is 12.8. The maximum Gasteiger partial charge on any atom is 0.319 e. The highest BCUT2D eigenvalue weighted by Gasteiger charge is 2.10. The summed E-state index contributed by atoms with van der Waals surface area (Å²) < 4.78 is 0. The molecule has 0 radical (unpaired) electrons. The van der Waals surface area contributed by atoms with Gasteiger partial charge in [-0.2, -0.15) is 0 Å². The average Bonchev–Trinajstić information content (AvgIpc) is 2.61. The largest absolute Gasteiger partial charge is 0.370 e. The number of nitrogens with one attached hydrogen (secondary N) is 3. The van der Waals surface area contributed by atoms with Gasteiger partial charge >= 0.3 is 6.03 Å². The number of nitrogens with zero attached hydrogens (tertiary/aromatic N) is 1. The van der Waals surface area contributed by atoms with E-state index in [2.05, 4.69) is 20.9 Å². The fourth-order valence-electron chi connectivity index (χ4n) is 2.05. The molecule has 0 fully saturated rings. The van der Waals surface area contributed by atoms with E-state index in [4.69, 9.17) is 11.5 Å². The molecule has 0 bridgehead atoms. The van der Waals surface area contributed by atoms with E-state index >= 15 is 0 Å². The standard InChI is InChI=1S/C17H18N6O4/c18-14(24)4-5-21-17(27)23-13-3-1-2-12(7-13)22-16(26)11-6-10(15(19)25)8-20-9-11/h1-3,6-9H,4-5H2,(H2,18,24)(H2,19,25)(H,22,26)(H2,21,23,27). The molecule has 1 aromatic heterocycles. The van der Waals surface area contributed by atoms with Crippen molar-refractivity contribution >= 4 is 35.1 Å². The smallest absolute Gasteiger partial charge is 0.319 e. The second kappa shape index (κ2) is 8.94. The van der Waals surface area contributed by atoms with Gasteiger partial charge in [0.2, 0.25) is 11.8 Å². The maximum absolute atomic E-state index is 12.3. The molecular weight excluding hydrogens is 352 g/mol. The normalized spacial score (nSPS) is 9.93. The number of nitrogens with two attached hydrogens (primary N) is 2. The molecule has 0 atom stereocenters. The van der Waals surface area contributed by atoms with Crippen LogP contribution in [0, 0.1) is 0 Å². The zero-order valence-electron chi connectivity index (χ0n) is 14.2. The van der Waals surface area contributed by atoms with E-state index in [0.717, 1.165) is 0 Å². The molecule has 10 nitrogen and oxygen atoms in total. The topological polar surface area (TPSA) is 169 Å². The van der Waals surface area contributed by atoms with E-state index in [-0.39, 0.29) is 24.1 Å². The number of carbonyl (C=O) groups is 4. The Bertz CT molecular complexity index is 883. The second-order valence-corrected chi connectivity index (χ2v) is 5.46. The molecule has 1 aromatic carbocycles. The lowest BCUT2D eigenvalue weighted by molar-refractivity contribution is -0.117. The Labute approximate surface area is 154 Å². The van der Waals surface area contributed by atoms with Gasteiger partial charge in [-0.15, -0.1) is 0 Å². The van der Waals surface area contributed by atoms with Crippen LogP contribution in [0.1, 0.15) is 27.1 Å². The summed E-state index contributed by atoms with van der Waals surface area (Å²) in [4.78, 5) is 49.6. The Morgan fingerprint density at radius 1 is 0.926 bits per heavy atom. The minimum atomic E-state index is -0.689. The Morgan fingerprint density at radius 3 is 2.26 bits per heavy atom. The predicted molar refractivity (Wildman–Crippen MR) is 98.0 cm³/mol. The van der Waals surface area contributed by atoms with E-state index in [1.165, 1.54) is 24.5 Å². The van der Waals surface area contributed by atoms with Gasteiger partial charge in [-0.25, -0.2) is 4.79 Å². The first kappa shape index (κ1) is 19.4. The number of anilines is 2. The zero-order chi connectivity index (χ0) is 19.8. The number of urea groups is 1. The molecule has 5 amide bonds. The van der Waals surface area contributed by atoms with Crippen molar-refractivity contribution in [2.24, 2.45) is 11.5 Å². The van der Waals surface area contributed by atoms with Crippen LogP contribution in [-0.2, 0) is 4.79 Å². The van der Waals surface area contributed by atoms with Crippen LogP contribution in [-0.4, -0.2) is 35.3 Å². The summed E-state index contributed by atoms with van der Waals surface area (Å²) in [5.74, 6) is -1.70. The molecule has 0 spiro atoms. The zero-order valence-corrected chi connectivity index (χ0v) is 14.2. The Kier molecular flexibility index (Phi) is 6.42. The third-order valence-electron chi connectivity index (χ3n) is 3.32. The summed E-state index contributed by atoms with van der Waals surface area (Å²) in [5, 5.41) is 7.67. The fraction of sp³-hybridized carbons (Fsp3) is 0.118. The van der Waals surface area contributed by atoms with Crippen molar-refractivity contribution in [3.8, 4) is 0 Å². The molecule has 0 saturated carbocycles.